The first-order valence-corrected chi connectivity index (χ1v) is 5.04. The highest BCUT2D eigenvalue weighted by molar-refractivity contribution is 5.59. The molecule has 0 aliphatic heterocycles. The molecule has 0 fully saturated rings. The zero-order chi connectivity index (χ0) is 12.8. The van der Waals surface area contributed by atoms with Gasteiger partial charge in [0.25, 0.3) is 5.69 Å². The fraction of sp³-hybridized carbons (Fsp3) is 0.400. The molecule has 0 atom stereocenters. The van der Waals surface area contributed by atoms with Crippen molar-refractivity contribution < 1.29 is 9.66 Å². The lowest BCUT2D eigenvalue weighted by Crippen LogP contribution is -1.99. The van der Waals surface area contributed by atoms with Crippen molar-refractivity contribution in [3.05, 3.63) is 28.3 Å². The number of ether oxygens (including phenoxy) is 1. The van der Waals surface area contributed by atoms with Crippen molar-refractivity contribution in [3.8, 4) is 5.75 Å². The van der Waals surface area contributed by atoms with Gasteiger partial charge in [-0.2, -0.15) is 0 Å². The van der Waals surface area contributed by atoms with Gasteiger partial charge in [-0.15, -0.1) is 5.11 Å². The van der Waals surface area contributed by atoms with E-state index in [0.717, 1.165) is 0 Å². The fourth-order valence-corrected chi connectivity index (χ4v) is 1.13. The Kier molecular flexibility index (Phi) is 4.38. The average molecular weight is 238 g/mol. The predicted molar refractivity (Wildman–Crippen MR) is 62.5 cm³/mol. The van der Waals surface area contributed by atoms with E-state index in [9.17, 15) is 10.1 Å². The summed E-state index contributed by atoms with van der Waals surface area (Å²) in [6.07, 6.45) is 0. The molecule has 1 rings (SSSR count). The second-order valence-electron chi connectivity index (χ2n) is 3.38. The zero-order valence-corrected chi connectivity index (χ0v) is 9.95. The van der Waals surface area contributed by atoms with Gasteiger partial charge in [0.1, 0.15) is 5.75 Å². The summed E-state index contributed by atoms with van der Waals surface area (Å²) in [5, 5.41) is 19.8. The summed E-state index contributed by atoms with van der Waals surface area (Å²) in [5.74, 6) is 0.447. The third-order valence-corrected chi connectivity index (χ3v) is 1.79. The molecule has 17 heavy (non-hydrogen) atoms. The number of benzene rings is 1. The second-order valence-corrected chi connectivity index (χ2v) is 3.38. The molecule has 0 unspecified atom stereocenters. The first-order valence-electron chi connectivity index (χ1n) is 5.04. The maximum atomic E-state index is 10.9. The highest BCUT2D eigenvalue weighted by Crippen LogP contribution is 2.31. The van der Waals surface area contributed by atoms with E-state index in [0.29, 0.717) is 12.4 Å². The molecular weight excluding hydrogens is 224 g/mol. The fourth-order valence-electron chi connectivity index (χ4n) is 1.13. The maximum Gasteiger partial charge on any atom is 0.300 e. The van der Waals surface area contributed by atoms with Crippen LogP contribution in [0.2, 0.25) is 0 Å². The quantitative estimate of drug-likeness (QED) is 0.448. The van der Waals surface area contributed by atoms with Crippen LogP contribution in [0.1, 0.15) is 6.92 Å². The summed E-state index contributed by atoms with van der Waals surface area (Å²) in [5.41, 5.74) is 0.0775. The van der Waals surface area contributed by atoms with Crippen LogP contribution in [0.4, 0.5) is 11.4 Å². The van der Waals surface area contributed by atoms with Crippen LogP contribution in [-0.4, -0.2) is 30.6 Å². The predicted octanol–water partition coefficient (Wildman–Crippen LogP) is 2.55. The SMILES string of the molecule is CCOc1ccc(N=NN(C)C)c([N+](=O)[O-])c1. The molecule has 0 N–H and O–H groups in total. The van der Waals surface area contributed by atoms with Gasteiger partial charge in [-0.3, -0.25) is 15.1 Å². The van der Waals surface area contributed by atoms with Crippen molar-refractivity contribution >= 4 is 11.4 Å². The van der Waals surface area contributed by atoms with Gasteiger partial charge in [-0.25, -0.2) is 0 Å². The lowest BCUT2D eigenvalue weighted by Gasteiger charge is -2.04. The number of nitro benzene ring substituents is 1. The average Bonchev–Trinajstić information content (AvgIpc) is 2.27. The number of nitrogens with zero attached hydrogens (tertiary/aromatic N) is 4. The van der Waals surface area contributed by atoms with Gasteiger partial charge in [0, 0.05) is 14.1 Å². The van der Waals surface area contributed by atoms with Crippen molar-refractivity contribution in [2.45, 2.75) is 6.92 Å². The van der Waals surface area contributed by atoms with Gasteiger partial charge < -0.3 is 4.74 Å². The Bertz CT molecular complexity index is 432. The van der Waals surface area contributed by atoms with Crippen LogP contribution in [0, 0.1) is 10.1 Å². The molecule has 0 amide bonds. The van der Waals surface area contributed by atoms with Crippen molar-refractivity contribution in [2.75, 3.05) is 20.7 Å². The normalized spacial score (nSPS) is 10.5. The molecule has 0 bridgehead atoms. The van der Waals surface area contributed by atoms with Crippen LogP contribution >= 0.6 is 0 Å². The Morgan fingerprint density at radius 1 is 1.47 bits per heavy atom. The van der Waals surface area contributed by atoms with E-state index in [1.54, 1.807) is 20.2 Å². The minimum atomic E-state index is -0.507. The maximum absolute atomic E-state index is 10.9. The summed E-state index contributed by atoms with van der Waals surface area (Å²) in [6.45, 7) is 2.27. The molecule has 0 heterocycles. The molecule has 0 spiro atoms. The third kappa shape index (κ3) is 3.71. The van der Waals surface area contributed by atoms with E-state index >= 15 is 0 Å². The van der Waals surface area contributed by atoms with Gasteiger partial charge >= 0.3 is 0 Å². The summed E-state index contributed by atoms with van der Waals surface area (Å²) >= 11 is 0. The number of hydrogen-bond donors (Lipinski definition) is 0. The van der Waals surface area contributed by atoms with E-state index in [1.165, 1.54) is 17.1 Å². The summed E-state index contributed by atoms with van der Waals surface area (Å²) in [6, 6.07) is 4.48. The Morgan fingerprint density at radius 2 is 2.18 bits per heavy atom. The van der Waals surface area contributed by atoms with Crippen LogP contribution < -0.4 is 4.74 Å². The van der Waals surface area contributed by atoms with Crippen molar-refractivity contribution in [2.24, 2.45) is 10.3 Å². The minimum absolute atomic E-state index is 0.124. The van der Waals surface area contributed by atoms with Crippen LogP contribution in [-0.2, 0) is 0 Å². The van der Waals surface area contributed by atoms with E-state index in [1.807, 2.05) is 6.92 Å². The molecule has 92 valence electrons. The van der Waals surface area contributed by atoms with Gasteiger partial charge in [0.05, 0.1) is 17.6 Å². The van der Waals surface area contributed by atoms with Crippen LogP contribution in [0.3, 0.4) is 0 Å². The minimum Gasteiger partial charge on any atom is -0.494 e. The van der Waals surface area contributed by atoms with Gasteiger partial charge in [-0.05, 0) is 19.1 Å². The molecule has 0 saturated heterocycles. The Labute approximate surface area is 98.8 Å². The number of hydrogen-bond acceptors (Lipinski definition) is 5. The molecule has 0 aliphatic carbocycles. The topological polar surface area (TPSA) is 80.3 Å². The summed E-state index contributed by atoms with van der Waals surface area (Å²) in [4.78, 5) is 10.4. The Hall–Kier alpha value is -2.18. The van der Waals surface area contributed by atoms with Gasteiger partial charge in [0.2, 0.25) is 0 Å². The van der Waals surface area contributed by atoms with E-state index < -0.39 is 4.92 Å². The van der Waals surface area contributed by atoms with E-state index in [4.69, 9.17) is 4.74 Å². The molecule has 0 saturated carbocycles. The van der Waals surface area contributed by atoms with Crippen molar-refractivity contribution in [1.82, 2.24) is 5.01 Å². The summed E-state index contributed by atoms with van der Waals surface area (Å²) in [7, 11) is 3.37. The highest BCUT2D eigenvalue weighted by atomic mass is 16.6. The molecular formula is C10H14N4O3. The second kappa shape index (κ2) is 5.78. The number of rotatable bonds is 5. The lowest BCUT2D eigenvalue weighted by atomic mass is 10.2. The highest BCUT2D eigenvalue weighted by Gasteiger charge is 2.15. The first-order chi connectivity index (χ1) is 8.04. The smallest absolute Gasteiger partial charge is 0.300 e. The van der Waals surface area contributed by atoms with Gasteiger partial charge in [0.15, 0.2) is 5.69 Å². The Morgan fingerprint density at radius 3 is 2.71 bits per heavy atom. The molecule has 0 aliphatic rings. The number of nitro groups is 1. The largest absolute Gasteiger partial charge is 0.494 e. The molecule has 1 aromatic rings. The molecule has 7 heteroatoms. The Balaban J connectivity index is 3.08. The van der Waals surface area contributed by atoms with Crippen molar-refractivity contribution in [3.63, 3.8) is 0 Å². The molecule has 0 aromatic heterocycles. The summed E-state index contributed by atoms with van der Waals surface area (Å²) < 4.78 is 5.19. The monoisotopic (exact) mass is 238 g/mol. The zero-order valence-electron chi connectivity index (χ0n) is 9.95. The lowest BCUT2D eigenvalue weighted by molar-refractivity contribution is -0.384. The van der Waals surface area contributed by atoms with Crippen LogP contribution in [0.25, 0.3) is 0 Å². The van der Waals surface area contributed by atoms with Crippen molar-refractivity contribution in [1.29, 1.82) is 0 Å². The van der Waals surface area contributed by atoms with Crippen LogP contribution in [0.15, 0.2) is 28.5 Å². The molecule has 0 radical (unpaired) electrons. The van der Waals surface area contributed by atoms with E-state index in [-0.39, 0.29) is 11.4 Å². The standard InChI is InChI=1S/C10H14N4O3/c1-4-17-8-5-6-9(11-12-13(2)3)10(7-8)14(15)16/h5-7H,4H2,1-3H3. The molecule has 1 aromatic carbocycles. The van der Waals surface area contributed by atoms with Crippen LogP contribution in [0.5, 0.6) is 5.75 Å². The molecule has 7 nitrogen and oxygen atoms in total. The first kappa shape index (κ1) is 12.9. The van der Waals surface area contributed by atoms with Gasteiger partial charge in [-0.1, -0.05) is 5.22 Å². The van der Waals surface area contributed by atoms with E-state index in [2.05, 4.69) is 10.3 Å². The third-order valence-electron chi connectivity index (χ3n) is 1.79.